The number of nitrogens with one attached hydrogen (secondary N) is 3. The summed E-state index contributed by atoms with van der Waals surface area (Å²) in [6.45, 7) is 0. The van der Waals surface area contributed by atoms with Crippen molar-refractivity contribution in [2.24, 2.45) is 17.2 Å². The van der Waals surface area contributed by atoms with E-state index in [4.69, 9.17) is 38.3 Å². The molecule has 0 aromatic heterocycles. The molecule has 0 saturated carbocycles. The second kappa shape index (κ2) is 15.7. The van der Waals surface area contributed by atoms with Crippen LogP contribution in [0.25, 0.3) is 0 Å². The molecule has 0 spiro atoms. The van der Waals surface area contributed by atoms with Crippen LogP contribution in [0.3, 0.4) is 0 Å². The van der Waals surface area contributed by atoms with Crippen molar-refractivity contribution in [3.05, 3.63) is 76.3 Å². The fourth-order valence-electron chi connectivity index (χ4n) is 4.26. The fraction of sp³-hybridized carbons (Fsp3) is 0.172. The molecule has 0 unspecified atom stereocenters. The number of phenolic OH excluding ortho intramolecular Hbond substituents is 1. The van der Waals surface area contributed by atoms with Crippen LogP contribution in [-0.4, -0.2) is 68.5 Å². The van der Waals surface area contributed by atoms with Gasteiger partial charge in [0.25, 0.3) is 0 Å². The first kappa shape index (κ1) is 36.0. The number of aromatic hydroxyl groups is 1. The molecule has 3 aromatic carbocycles. The molecule has 6 amide bonds. The molecule has 0 aliphatic carbocycles. The number of phenols is 1. The predicted molar refractivity (Wildman–Crippen MR) is 165 cm³/mol. The van der Waals surface area contributed by atoms with Crippen LogP contribution < -0.4 is 42.6 Å². The lowest BCUT2D eigenvalue weighted by Gasteiger charge is -2.19. The van der Waals surface area contributed by atoms with E-state index in [0.29, 0.717) is 11.1 Å². The number of urea groups is 3. The van der Waals surface area contributed by atoms with Crippen molar-refractivity contribution in [3.63, 3.8) is 0 Å². The normalized spacial score (nSPS) is 12.4. The monoisotopic (exact) mass is 688 g/mol. The number of carbonyl (C=O) groups is 6. The number of hydrogen-bond acceptors (Lipinski definition) is 9. The molecule has 0 saturated heterocycles. The summed E-state index contributed by atoms with van der Waals surface area (Å²) in [5.74, 6) is -5.56. The molecule has 48 heavy (non-hydrogen) atoms. The van der Waals surface area contributed by atoms with E-state index in [1.165, 1.54) is 42.5 Å². The SMILES string of the molecule is NC(=O)N[C@@H](Cc1ccc(Oc2cc([C@@H](NC(N)=O)C(=O)O)cc(Oc3ccc(C[C@@H](NC(N)=O)C(=O)O)cc3)c2O)c(Cl)c1)C(=O)O. The molecule has 19 heteroatoms. The van der Waals surface area contributed by atoms with Crippen molar-refractivity contribution < 1.29 is 58.7 Å². The molecule has 0 radical (unpaired) electrons. The topological polar surface area (TPSA) is 316 Å². The number of benzene rings is 3. The van der Waals surface area contributed by atoms with Gasteiger partial charge in [0.15, 0.2) is 17.5 Å². The molecule has 18 nitrogen and oxygen atoms in total. The highest BCUT2D eigenvalue weighted by Gasteiger charge is 2.26. The van der Waals surface area contributed by atoms with Gasteiger partial charge in [-0.1, -0.05) is 29.8 Å². The van der Waals surface area contributed by atoms with Crippen LogP contribution in [0.2, 0.25) is 5.02 Å². The molecule has 3 aromatic rings. The van der Waals surface area contributed by atoms with Gasteiger partial charge in [-0.3, -0.25) is 0 Å². The Morgan fingerprint density at radius 3 is 1.58 bits per heavy atom. The highest BCUT2D eigenvalue weighted by atomic mass is 35.5. The highest BCUT2D eigenvalue weighted by Crippen LogP contribution is 2.44. The van der Waals surface area contributed by atoms with Crippen LogP contribution in [-0.2, 0) is 27.2 Å². The molecular formula is C29H29ClN6O12. The number of aliphatic carboxylic acids is 3. The molecule has 254 valence electrons. The van der Waals surface area contributed by atoms with Gasteiger partial charge in [-0.25, -0.2) is 28.8 Å². The molecule has 3 rings (SSSR count). The Morgan fingerprint density at radius 2 is 1.12 bits per heavy atom. The lowest BCUT2D eigenvalue weighted by molar-refractivity contribution is -0.140. The number of carboxylic acids is 3. The minimum Gasteiger partial charge on any atom is -0.502 e. The van der Waals surface area contributed by atoms with Gasteiger partial charge in [0.05, 0.1) is 5.02 Å². The number of rotatable bonds is 15. The number of primary amides is 3. The molecule has 0 bridgehead atoms. The largest absolute Gasteiger partial charge is 0.502 e. The van der Waals surface area contributed by atoms with Gasteiger partial charge in [-0.2, -0.15) is 0 Å². The summed E-state index contributed by atoms with van der Waals surface area (Å²) in [5, 5.41) is 45.7. The van der Waals surface area contributed by atoms with Gasteiger partial charge in [-0.15, -0.1) is 0 Å². The fourth-order valence-corrected chi connectivity index (χ4v) is 4.50. The standard InChI is InChI=1S/C29H29ClN6O12/c30-16-7-13(9-18(25(40)41)35-28(32)45)3-6-19(16)48-21-11-14(22(26(42)43)36-29(33)46)10-20(23(21)37)47-15-4-1-12(2-5-15)8-17(24(38)39)34-27(31)44/h1-7,10-11,17-18,22,37H,8-9H2,(H,38,39)(H,40,41)(H,42,43)(H3,31,34,44)(H3,32,35,45)(H3,33,36,46)/t17-,18+,22-/m1/s1. The zero-order chi connectivity index (χ0) is 35.7. The van der Waals surface area contributed by atoms with Crippen molar-refractivity contribution in [2.45, 2.75) is 31.0 Å². The summed E-state index contributed by atoms with van der Waals surface area (Å²) in [4.78, 5) is 68.7. The second-order valence-corrected chi connectivity index (χ2v) is 10.4. The van der Waals surface area contributed by atoms with E-state index in [-0.39, 0.29) is 46.4 Å². The lowest BCUT2D eigenvalue weighted by atomic mass is 10.0. The Kier molecular flexibility index (Phi) is 11.8. The van der Waals surface area contributed by atoms with Crippen LogP contribution in [0.1, 0.15) is 22.7 Å². The quantitative estimate of drug-likeness (QED) is 0.109. The Hall–Kier alpha value is -6.43. The lowest BCUT2D eigenvalue weighted by Crippen LogP contribution is -2.44. The van der Waals surface area contributed by atoms with Crippen LogP contribution in [0.15, 0.2) is 54.6 Å². The summed E-state index contributed by atoms with van der Waals surface area (Å²) in [7, 11) is 0. The smallest absolute Gasteiger partial charge is 0.330 e. The number of carboxylic acid groups (broad SMARTS) is 3. The van der Waals surface area contributed by atoms with E-state index >= 15 is 0 Å². The number of nitrogens with two attached hydrogens (primary N) is 3. The molecule has 13 N–H and O–H groups in total. The van der Waals surface area contributed by atoms with Gasteiger partial charge >= 0.3 is 36.0 Å². The first-order valence-electron chi connectivity index (χ1n) is 13.5. The molecule has 0 aliphatic rings. The third-order valence-electron chi connectivity index (χ3n) is 6.41. The van der Waals surface area contributed by atoms with Gasteiger partial charge in [0, 0.05) is 12.8 Å². The van der Waals surface area contributed by atoms with Gasteiger partial charge in [0.1, 0.15) is 23.6 Å². The third-order valence-corrected chi connectivity index (χ3v) is 6.70. The zero-order valence-electron chi connectivity index (χ0n) is 24.5. The van der Waals surface area contributed by atoms with Crippen molar-refractivity contribution in [1.82, 2.24) is 16.0 Å². The number of amides is 6. The summed E-state index contributed by atoms with van der Waals surface area (Å²) in [6.07, 6.45) is -0.331. The minimum atomic E-state index is -1.73. The zero-order valence-corrected chi connectivity index (χ0v) is 25.3. The summed E-state index contributed by atoms with van der Waals surface area (Å²) >= 11 is 6.36. The van der Waals surface area contributed by atoms with E-state index < -0.39 is 59.9 Å². The molecule has 3 atom stereocenters. The average molecular weight is 689 g/mol. The van der Waals surface area contributed by atoms with Crippen molar-refractivity contribution in [2.75, 3.05) is 0 Å². The van der Waals surface area contributed by atoms with Crippen LogP contribution in [0.5, 0.6) is 28.7 Å². The van der Waals surface area contributed by atoms with E-state index in [2.05, 4.69) is 16.0 Å². The number of carbonyl (C=O) groups excluding carboxylic acids is 3. The van der Waals surface area contributed by atoms with Crippen molar-refractivity contribution in [1.29, 1.82) is 0 Å². The van der Waals surface area contributed by atoms with E-state index in [1.54, 1.807) is 0 Å². The summed E-state index contributed by atoms with van der Waals surface area (Å²) < 4.78 is 11.6. The molecular weight excluding hydrogens is 660 g/mol. The van der Waals surface area contributed by atoms with Crippen LogP contribution in [0, 0.1) is 0 Å². The molecule has 0 heterocycles. The Balaban J connectivity index is 1.97. The van der Waals surface area contributed by atoms with Crippen LogP contribution in [0.4, 0.5) is 14.4 Å². The Bertz CT molecular complexity index is 1740. The maximum absolute atomic E-state index is 12.0. The highest BCUT2D eigenvalue weighted by molar-refractivity contribution is 6.32. The van der Waals surface area contributed by atoms with Gasteiger partial charge in [-0.05, 0) is 53.1 Å². The van der Waals surface area contributed by atoms with Crippen molar-refractivity contribution >= 4 is 47.6 Å². The maximum Gasteiger partial charge on any atom is 0.330 e. The minimum absolute atomic E-state index is 0.0749. The molecule has 0 fully saturated rings. The maximum atomic E-state index is 12.0. The predicted octanol–water partition coefficient (Wildman–Crippen LogP) is 1.75. The third kappa shape index (κ3) is 10.0. The number of ether oxygens (including phenoxy) is 2. The molecule has 0 aliphatic heterocycles. The number of halogens is 1. The Labute approximate surface area is 275 Å². The van der Waals surface area contributed by atoms with E-state index in [9.17, 15) is 49.2 Å². The second-order valence-electron chi connectivity index (χ2n) is 9.97. The van der Waals surface area contributed by atoms with Gasteiger partial charge in [0.2, 0.25) is 5.75 Å². The summed E-state index contributed by atoms with van der Waals surface area (Å²) in [6, 6.07) is 4.33. The van der Waals surface area contributed by atoms with Crippen LogP contribution >= 0.6 is 11.6 Å². The van der Waals surface area contributed by atoms with E-state index in [0.717, 1.165) is 12.1 Å². The summed E-state index contributed by atoms with van der Waals surface area (Å²) in [5.41, 5.74) is 15.9. The van der Waals surface area contributed by atoms with Gasteiger partial charge < -0.3 is 63.1 Å². The first-order chi connectivity index (χ1) is 22.5. The van der Waals surface area contributed by atoms with Crippen molar-refractivity contribution in [3.8, 4) is 28.7 Å². The Morgan fingerprint density at radius 1 is 0.646 bits per heavy atom. The first-order valence-corrected chi connectivity index (χ1v) is 13.9. The van der Waals surface area contributed by atoms with E-state index in [1.807, 2.05) is 0 Å². The average Bonchev–Trinajstić information content (AvgIpc) is 2.98. The number of hydrogen-bond donors (Lipinski definition) is 10.